The highest BCUT2D eigenvalue weighted by atomic mass is 35.5. The zero-order valence-corrected chi connectivity index (χ0v) is 18.9. The van der Waals surface area contributed by atoms with Crippen LogP contribution < -0.4 is 15.0 Å². The number of ether oxygens (including phenoxy) is 2. The highest BCUT2D eigenvalue weighted by molar-refractivity contribution is 6.34. The summed E-state index contributed by atoms with van der Waals surface area (Å²) in [4.78, 5) is 18.7. The summed E-state index contributed by atoms with van der Waals surface area (Å²) >= 11 is 12.2. The molecule has 1 amide bonds. The van der Waals surface area contributed by atoms with Gasteiger partial charge in [-0.15, -0.1) is 0 Å². The molecule has 0 saturated carbocycles. The van der Waals surface area contributed by atoms with Crippen LogP contribution in [0, 0.1) is 0 Å². The molecule has 1 aliphatic rings. The van der Waals surface area contributed by atoms with Crippen molar-refractivity contribution >= 4 is 40.8 Å². The number of hydrogen-bond donors (Lipinski definition) is 1. The van der Waals surface area contributed by atoms with Crippen molar-refractivity contribution in [1.29, 1.82) is 0 Å². The summed E-state index contributed by atoms with van der Waals surface area (Å²) in [5, 5.41) is 3.86. The highest BCUT2D eigenvalue weighted by Crippen LogP contribution is 2.30. The predicted octanol–water partition coefficient (Wildman–Crippen LogP) is 6.18. The fourth-order valence-corrected chi connectivity index (χ4v) is 3.80. The molecule has 1 fully saturated rings. The molecule has 0 spiro atoms. The quantitative estimate of drug-likeness (QED) is 0.464. The van der Waals surface area contributed by atoms with E-state index in [2.05, 4.69) is 15.2 Å². The Hall–Kier alpha value is -2.96. The van der Waals surface area contributed by atoms with E-state index in [1.807, 2.05) is 42.5 Å². The molecule has 0 atom stereocenters. The third-order valence-corrected chi connectivity index (χ3v) is 5.71. The maximum absolute atomic E-state index is 12.0. The smallest absolute Gasteiger partial charge is 0.412 e. The van der Waals surface area contributed by atoms with Gasteiger partial charge in [-0.1, -0.05) is 53.5 Å². The van der Waals surface area contributed by atoms with E-state index in [0.29, 0.717) is 21.5 Å². The molecule has 2 aromatic carbocycles. The topological polar surface area (TPSA) is 63.7 Å². The molecule has 6 nitrogen and oxygen atoms in total. The molecule has 0 radical (unpaired) electrons. The fraction of sp³-hybridized carbons (Fsp3) is 0.250. The summed E-state index contributed by atoms with van der Waals surface area (Å²) in [6.07, 6.45) is 2.88. The van der Waals surface area contributed by atoms with Crippen LogP contribution >= 0.6 is 23.2 Å². The Bertz CT molecular complexity index is 1040. The van der Waals surface area contributed by atoms with Gasteiger partial charge in [0, 0.05) is 37.0 Å². The Kier molecular flexibility index (Phi) is 7.35. The van der Waals surface area contributed by atoms with Crippen molar-refractivity contribution < 1.29 is 14.3 Å². The van der Waals surface area contributed by atoms with E-state index in [1.165, 1.54) is 0 Å². The molecule has 0 bridgehead atoms. The van der Waals surface area contributed by atoms with Gasteiger partial charge in [0.1, 0.15) is 24.3 Å². The van der Waals surface area contributed by atoms with Gasteiger partial charge in [-0.25, -0.2) is 9.78 Å². The Morgan fingerprint density at radius 2 is 1.84 bits per heavy atom. The number of aromatic nitrogens is 1. The summed E-state index contributed by atoms with van der Waals surface area (Å²) in [5.41, 5.74) is 1.52. The number of benzene rings is 2. The van der Waals surface area contributed by atoms with Crippen molar-refractivity contribution in [2.45, 2.75) is 25.6 Å². The molecule has 4 rings (SSSR count). The van der Waals surface area contributed by atoms with Crippen molar-refractivity contribution in [3.05, 3.63) is 82.5 Å². The van der Waals surface area contributed by atoms with Crippen LogP contribution in [0.4, 0.5) is 16.3 Å². The molecule has 0 aliphatic carbocycles. The Morgan fingerprint density at radius 1 is 1.06 bits per heavy atom. The first-order valence-corrected chi connectivity index (χ1v) is 11.1. The number of carbonyl (C=O) groups excluding carboxylic acids is 1. The van der Waals surface area contributed by atoms with Gasteiger partial charge in [0.2, 0.25) is 0 Å². The zero-order valence-electron chi connectivity index (χ0n) is 17.3. The van der Waals surface area contributed by atoms with Crippen LogP contribution in [0.2, 0.25) is 10.0 Å². The van der Waals surface area contributed by atoms with Crippen LogP contribution in [-0.2, 0) is 11.3 Å². The van der Waals surface area contributed by atoms with Crippen molar-refractivity contribution in [3.63, 3.8) is 0 Å². The van der Waals surface area contributed by atoms with E-state index >= 15 is 0 Å². The second-order valence-electron chi connectivity index (χ2n) is 7.47. The van der Waals surface area contributed by atoms with Crippen molar-refractivity contribution in [1.82, 2.24) is 4.98 Å². The van der Waals surface area contributed by atoms with Crippen LogP contribution in [0.3, 0.4) is 0 Å². The van der Waals surface area contributed by atoms with Gasteiger partial charge in [0.15, 0.2) is 0 Å². The minimum absolute atomic E-state index is 0.0718. The van der Waals surface area contributed by atoms with Gasteiger partial charge in [-0.2, -0.15) is 0 Å². The van der Waals surface area contributed by atoms with E-state index in [4.69, 9.17) is 32.7 Å². The molecular weight excluding hydrogens is 449 g/mol. The Morgan fingerprint density at radius 3 is 2.56 bits per heavy atom. The SMILES string of the molecule is O=C(Nc1ccc(N2CCC(Oc3cc(Cl)ccc3Cl)CC2)nc1)OCc1ccccc1. The number of piperidine rings is 1. The minimum Gasteiger partial charge on any atom is -0.489 e. The number of anilines is 2. The lowest BCUT2D eigenvalue weighted by molar-refractivity contribution is 0.155. The number of nitrogens with zero attached hydrogens (tertiary/aromatic N) is 2. The van der Waals surface area contributed by atoms with E-state index in [9.17, 15) is 4.79 Å². The van der Waals surface area contributed by atoms with Crippen LogP contribution in [0.1, 0.15) is 18.4 Å². The molecular formula is C24H23Cl2N3O3. The fourth-order valence-electron chi connectivity index (χ4n) is 3.47. The molecule has 1 N–H and O–H groups in total. The van der Waals surface area contributed by atoms with E-state index in [1.54, 1.807) is 24.4 Å². The molecule has 32 heavy (non-hydrogen) atoms. The number of carbonyl (C=O) groups is 1. The maximum atomic E-state index is 12.0. The van der Waals surface area contributed by atoms with E-state index < -0.39 is 6.09 Å². The number of hydrogen-bond acceptors (Lipinski definition) is 5. The maximum Gasteiger partial charge on any atom is 0.412 e. The van der Waals surface area contributed by atoms with Gasteiger partial charge in [0.25, 0.3) is 0 Å². The van der Waals surface area contributed by atoms with Crippen molar-refractivity contribution in [2.75, 3.05) is 23.3 Å². The van der Waals surface area contributed by atoms with Gasteiger partial charge >= 0.3 is 6.09 Å². The monoisotopic (exact) mass is 471 g/mol. The Balaban J connectivity index is 1.25. The summed E-state index contributed by atoms with van der Waals surface area (Å²) in [6, 6.07) is 18.5. The lowest BCUT2D eigenvalue weighted by Gasteiger charge is -2.33. The third kappa shape index (κ3) is 6.05. The first kappa shape index (κ1) is 22.2. The minimum atomic E-state index is -0.513. The largest absolute Gasteiger partial charge is 0.489 e. The molecule has 1 saturated heterocycles. The Labute approximate surface area is 197 Å². The van der Waals surface area contributed by atoms with Crippen LogP contribution in [0.25, 0.3) is 0 Å². The molecule has 1 aromatic heterocycles. The lowest BCUT2D eigenvalue weighted by Crippen LogP contribution is -2.38. The molecule has 0 unspecified atom stereocenters. The van der Waals surface area contributed by atoms with Crippen molar-refractivity contribution in [3.8, 4) is 5.75 Å². The first-order chi connectivity index (χ1) is 15.6. The summed E-state index contributed by atoms with van der Waals surface area (Å²) < 4.78 is 11.3. The lowest BCUT2D eigenvalue weighted by atomic mass is 10.1. The van der Waals surface area contributed by atoms with E-state index in [0.717, 1.165) is 37.3 Å². The number of pyridine rings is 1. The summed E-state index contributed by atoms with van der Waals surface area (Å²) in [5.74, 6) is 1.47. The first-order valence-electron chi connectivity index (χ1n) is 10.4. The molecule has 8 heteroatoms. The number of halogens is 2. The van der Waals surface area contributed by atoms with Crippen molar-refractivity contribution in [2.24, 2.45) is 0 Å². The average Bonchev–Trinajstić information content (AvgIpc) is 2.82. The second-order valence-corrected chi connectivity index (χ2v) is 8.31. The van der Waals surface area contributed by atoms with Gasteiger partial charge < -0.3 is 14.4 Å². The number of rotatable bonds is 6. The van der Waals surface area contributed by atoms with Gasteiger partial charge in [-0.05, 0) is 29.8 Å². The summed E-state index contributed by atoms with van der Waals surface area (Å²) in [7, 11) is 0. The van der Waals surface area contributed by atoms with Crippen LogP contribution in [0.5, 0.6) is 5.75 Å². The molecule has 2 heterocycles. The van der Waals surface area contributed by atoms with Gasteiger partial charge in [-0.3, -0.25) is 5.32 Å². The van der Waals surface area contributed by atoms with E-state index in [-0.39, 0.29) is 12.7 Å². The summed E-state index contributed by atoms with van der Waals surface area (Å²) in [6.45, 7) is 1.83. The molecule has 1 aliphatic heterocycles. The highest BCUT2D eigenvalue weighted by Gasteiger charge is 2.22. The average molecular weight is 472 g/mol. The number of nitrogens with one attached hydrogen (secondary N) is 1. The van der Waals surface area contributed by atoms with Gasteiger partial charge in [0.05, 0.1) is 16.9 Å². The normalized spacial score (nSPS) is 14.1. The zero-order chi connectivity index (χ0) is 22.3. The second kappa shape index (κ2) is 10.6. The standard InChI is InChI=1S/C24H23Cl2N3O3/c25-18-6-8-21(26)22(14-18)32-20-10-12-29(13-11-20)23-9-7-19(15-27-23)28-24(30)31-16-17-4-2-1-3-5-17/h1-9,14-15,20H,10-13,16H2,(H,28,30). The van der Waals surface area contributed by atoms with Crippen LogP contribution in [0.15, 0.2) is 66.9 Å². The predicted molar refractivity (Wildman–Crippen MR) is 127 cm³/mol. The van der Waals surface area contributed by atoms with Crippen LogP contribution in [-0.4, -0.2) is 30.3 Å². The molecule has 166 valence electrons. The third-order valence-electron chi connectivity index (χ3n) is 5.16. The number of amides is 1. The molecule has 3 aromatic rings.